The highest BCUT2D eigenvalue weighted by molar-refractivity contribution is 5.69. The van der Waals surface area contributed by atoms with Gasteiger partial charge < -0.3 is 19.7 Å². The molecule has 0 spiro atoms. The number of aryl methyl sites for hydroxylation is 1. The second-order valence-electron chi connectivity index (χ2n) is 7.34. The van der Waals surface area contributed by atoms with E-state index in [2.05, 4.69) is 44.1 Å². The molecule has 0 radical (unpaired) electrons. The van der Waals surface area contributed by atoms with Crippen LogP contribution in [0.25, 0.3) is 11.3 Å². The van der Waals surface area contributed by atoms with Gasteiger partial charge in [-0.1, -0.05) is 0 Å². The minimum absolute atomic E-state index is 0.144. The van der Waals surface area contributed by atoms with E-state index in [1.54, 1.807) is 30.4 Å². The van der Waals surface area contributed by atoms with E-state index in [4.69, 9.17) is 9.47 Å². The number of rotatable bonds is 4. The number of likely N-dealkylation sites (N-methyl/N-ethyl adjacent to an activating group) is 1. The van der Waals surface area contributed by atoms with Crippen molar-refractivity contribution < 1.29 is 9.47 Å². The van der Waals surface area contributed by atoms with Gasteiger partial charge in [0, 0.05) is 31.9 Å². The van der Waals surface area contributed by atoms with E-state index in [-0.39, 0.29) is 5.54 Å². The van der Waals surface area contributed by atoms with Gasteiger partial charge in [-0.2, -0.15) is 10.1 Å². The first kappa shape index (κ1) is 18.0. The SMILES string of the molecule is COc1cc(Nc2ncc3c(n2)N(C)C(C)(C)CO3)cnc1-c1cnn(C)c1. The summed E-state index contributed by atoms with van der Waals surface area (Å²) in [5.41, 5.74) is 2.19. The Bertz CT molecular complexity index is 1020. The predicted octanol–water partition coefficient (Wildman–Crippen LogP) is 2.63. The van der Waals surface area contributed by atoms with Crippen LogP contribution in [0.15, 0.2) is 30.9 Å². The molecule has 0 amide bonds. The van der Waals surface area contributed by atoms with Crippen molar-refractivity contribution in [2.45, 2.75) is 19.4 Å². The van der Waals surface area contributed by atoms with Crippen LogP contribution in [0, 0.1) is 0 Å². The largest absolute Gasteiger partial charge is 0.494 e. The first-order valence-electron chi connectivity index (χ1n) is 8.91. The molecule has 1 N–H and O–H groups in total. The number of hydrogen-bond donors (Lipinski definition) is 1. The van der Waals surface area contributed by atoms with Crippen LogP contribution in [0.4, 0.5) is 17.5 Å². The minimum atomic E-state index is -0.144. The summed E-state index contributed by atoms with van der Waals surface area (Å²) in [6.45, 7) is 4.80. The summed E-state index contributed by atoms with van der Waals surface area (Å²) >= 11 is 0. The average Bonchev–Trinajstić information content (AvgIpc) is 3.11. The van der Waals surface area contributed by atoms with Crippen LogP contribution < -0.4 is 19.7 Å². The summed E-state index contributed by atoms with van der Waals surface area (Å²) in [4.78, 5) is 15.6. The molecule has 0 aromatic carbocycles. The molecule has 3 aromatic heterocycles. The first-order valence-corrected chi connectivity index (χ1v) is 8.91. The van der Waals surface area contributed by atoms with Crippen molar-refractivity contribution >= 4 is 17.5 Å². The van der Waals surface area contributed by atoms with Gasteiger partial charge in [-0.3, -0.25) is 9.67 Å². The third-order valence-electron chi connectivity index (χ3n) is 4.85. The molecule has 1 aliphatic heterocycles. The lowest BCUT2D eigenvalue weighted by atomic mass is 10.0. The summed E-state index contributed by atoms with van der Waals surface area (Å²) < 4.78 is 13.0. The molecule has 28 heavy (non-hydrogen) atoms. The van der Waals surface area contributed by atoms with Crippen LogP contribution in [-0.4, -0.2) is 51.0 Å². The van der Waals surface area contributed by atoms with Crippen molar-refractivity contribution in [3.8, 4) is 22.8 Å². The highest BCUT2D eigenvalue weighted by Gasteiger charge is 2.33. The first-order chi connectivity index (χ1) is 13.4. The highest BCUT2D eigenvalue weighted by atomic mass is 16.5. The number of anilines is 3. The minimum Gasteiger partial charge on any atom is -0.494 e. The van der Waals surface area contributed by atoms with Gasteiger partial charge in [-0.05, 0) is 13.8 Å². The Hall–Kier alpha value is -3.36. The number of hydrogen-bond acceptors (Lipinski definition) is 8. The molecular formula is C19H23N7O2. The summed E-state index contributed by atoms with van der Waals surface area (Å²) in [7, 11) is 5.48. The molecule has 9 heteroatoms. The topological polar surface area (TPSA) is 90.2 Å². The van der Waals surface area contributed by atoms with E-state index >= 15 is 0 Å². The molecule has 3 aromatic rings. The molecule has 1 aliphatic rings. The molecule has 0 fully saturated rings. The van der Waals surface area contributed by atoms with Crippen LogP contribution in [0.2, 0.25) is 0 Å². The molecule has 4 heterocycles. The maximum Gasteiger partial charge on any atom is 0.229 e. The van der Waals surface area contributed by atoms with Gasteiger partial charge >= 0.3 is 0 Å². The second kappa shape index (κ2) is 6.66. The third kappa shape index (κ3) is 3.19. The number of ether oxygens (including phenoxy) is 2. The highest BCUT2D eigenvalue weighted by Crippen LogP contribution is 2.36. The lowest BCUT2D eigenvalue weighted by Crippen LogP contribution is -2.49. The monoisotopic (exact) mass is 381 g/mol. The number of nitrogens with one attached hydrogen (secondary N) is 1. The zero-order valence-corrected chi connectivity index (χ0v) is 16.6. The summed E-state index contributed by atoms with van der Waals surface area (Å²) in [6, 6.07) is 1.86. The van der Waals surface area contributed by atoms with Crippen molar-refractivity contribution in [3.63, 3.8) is 0 Å². The summed E-state index contributed by atoms with van der Waals surface area (Å²) in [6.07, 6.45) is 7.05. The quantitative estimate of drug-likeness (QED) is 0.738. The molecule has 0 saturated heterocycles. The Morgan fingerprint density at radius 3 is 2.71 bits per heavy atom. The lowest BCUT2D eigenvalue weighted by molar-refractivity contribution is 0.215. The van der Waals surface area contributed by atoms with Gasteiger partial charge in [0.15, 0.2) is 11.6 Å². The Kier molecular flexibility index (Phi) is 4.29. The standard InChI is InChI=1S/C19H23N7O2/c1-19(2)11-28-15-9-21-18(24-17(15)26(19)4)23-13-6-14(27-5)16(20-8-13)12-7-22-25(3)10-12/h6-10H,11H2,1-5H3,(H,21,23,24). The van der Waals surface area contributed by atoms with E-state index in [0.717, 1.165) is 22.8 Å². The van der Waals surface area contributed by atoms with Crippen LogP contribution in [0.3, 0.4) is 0 Å². The fourth-order valence-corrected chi connectivity index (χ4v) is 2.96. The number of pyridine rings is 1. The maximum absolute atomic E-state index is 5.78. The van der Waals surface area contributed by atoms with E-state index in [0.29, 0.717) is 24.1 Å². The van der Waals surface area contributed by atoms with Crippen molar-refractivity contribution in [2.24, 2.45) is 7.05 Å². The van der Waals surface area contributed by atoms with Crippen molar-refractivity contribution in [3.05, 3.63) is 30.9 Å². The molecule has 4 rings (SSSR count). The van der Waals surface area contributed by atoms with Crippen molar-refractivity contribution in [2.75, 3.05) is 31.0 Å². The normalized spacial score (nSPS) is 15.0. The van der Waals surface area contributed by atoms with E-state index in [1.165, 1.54) is 0 Å². The summed E-state index contributed by atoms with van der Waals surface area (Å²) in [5.74, 6) is 2.53. The smallest absolute Gasteiger partial charge is 0.229 e. The van der Waals surface area contributed by atoms with Gasteiger partial charge in [0.2, 0.25) is 5.95 Å². The molecular weight excluding hydrogens is 358 g/mol. The van der Waals surface area contributed by atoms with Crippen LogP contribution in [0.1, 0.15) is 13.8 Å². The zero-order chi connectivity index (χ0) is 19.9. The molecule has 0 aliphatic carbocycles. The number of fused-ring (bicyclic) bond motifs is 1. The molecule has 146 valence electrons. The molecule has 0 atom stereocenters. The fraction of sp³-hybridized carbons (Fsp3) is 0.368. The third-order valence-corrected chi connectivity index (χ3v) is 4.85. The van der Waals surface area contributed by atoms with Crippen LogP contribution in [-0.2, 0) is 7.05 Å². The van der Waals surface area contributed by atoms with E-state index in [1.807, 2.05) is 26.4 Å². The van der Waals surface area contributed by atoms with Gasteiger partial charge in [0.05, 0.1) is 36.9 Å². The van der Waals surface area contributed by atoms with Gasteiger partial charge in [-0.15, -0.1) is 0 Å². The molecule has 0 saturated carbocycles. The number of methoxy groups -OCH3 is 1. The molecule has 9 nitrogen and oxygen atoms in total. The van der Waals surface area contributed by atoms with E-state index in [9.17, 15) is 0 Å². The number of nitrogens with zero attached hydrogens (tertiary/aromatic N) is 6. The van der Waals surface area contributed by atoms with Crippen molar-refractivity contribution in [1.29, 1.82) is 0 Å². The van der Waals surface area contributed by atoms with Gasteiger partial charge in [-0.25, -0.2) is 4.98 Å². The second-order valence-corrected chi connectivity index (χ2v) is 7.34. The Balaban J connectivity index is 1.62. The zero-order valence-electron chi connectivity index (χ0n) is 16.6. The molecule has 0 bridgehead atoms. The Morgan fingerprint density at radius 1 is 1.18 bits per heavy atom. The average molecular weight is 381 g/mol. The van der Waals surface area contributed by atoms with Crippen molar-refractivity contribution in [1.82, 2.24) is 24.7 Å². The maximum atomic E-state index is 5.78. The fourth-order valence-electron chi connectivity index (χ4n) is 2.96. The molecule has 0 unspecified atom stereocenters. The van der Waals surface area contributed by atoms with Gasteiger partial charge in [0.25, 0.3) is 0 Å². The lowest BCUT2D eigenvalue weighted by Gasteiger charge is -2.40. The van der Waals surface area contributed by atoms with Crippen LogP contribution in [0.5, 0.6) is 11.5 Å². The Morgan fingerprint density at radius 2 is 2.00 bits per heavy atom. The Labute approximate surface area is 163 Å². The van der Waals surface area contributed by atoms with E-state index < -0.39 is 0 Å². The predicted molar refractivity (Wildman–Crippen MR) is 106 cm³/mol. The van der Waals surface area contributed by atoms with Gasteiger partial charge in [0.1, 0.15) is 18.1 Å². The summed E-state index contributed by atoms with van der Waals surface area (Å²) in [5, 5.41) is 7.38. The number of aromatic nitrogens is 5. The van der Waals surface area contributed by atoms with Crippen LogP contribution >= 0.6 is 0 Å².